The van der Waals surface area contributed by atoms with E-state index >= 15 is 0 Å². The molecule has 140 valence electrons. The van der Waals surface area contributed by atoms with Crippen LogP contribution in [-0.4, -0.2) is 14.3 Å². The van der Waals surface area contributed by atoms with Crippen LogP contribution in [0.4, 0.5) is 15.8 Å². The second-order valence-electron chi connectivity index (χ2n) is 5.92. The number of halogens is 1. The van der Waals surface area contributed by atoms with Crippen molar-refractivity contribution in [3.63, 3.8) is 0 Å². The van der Waals surface area contributed by atoms with Gasteiger partial charge in [0.25, 0.3) is 10.0 Å². The number of amides is 1. The molecule has 5 nitrogen and oxygen atoms in total. The van der Waals surface area contributed by atoms with Gasteiger partial charge in [0.05, 0.1) is 6.42 Å². The van der Waals surface area contributed by atoms with Crippen LogP contribution < -0.4 is 10.0 Å². The summed E-state index contributed by atoms with van der Waals surface area (Å²) in [5.74, 6) is -0.700. The van der Waals surface area contributed by atoms with E-state index in [2.05, 4.69) is 10.0 Å². The average molecular weight is 404 g/mol. The molecule has 2 aromatic carbocycles. The van der Waals surface area contributed by atoms with E-state index in [0.29, 0.717) is 16.9 Å². The van der Waals surface area contributed by atoms with Crippen molar-refractivity contribution in [1.82, 2.24) is 0 Å². The van der Waals surface area contributed by atoms with E-state index in [1.807, 2.05) is 0 Å². The summed E-state index contributed by atoms with van der Waals surface area (Å²) in [5, 5.41) is 4.37. The molecule has 27 heavy (non-hydrogen) atoms. The summed E-state index contributed by atoms with van der Waals surface area (Å²) in [6.07, 6.45) is 0.0912. The van der Waals surface area contributed by atoms with Crippen LogP contribution in [0.2, 0.25) is 0 Å². The molecule has 0 spiro atoms. The molecule has 3 aromatic rings. The fraction of sp³-hybridized carbons (Fsp3) is 0.105. The topological polar surface area (TPSA) is 75.3 Å². The highest BCUT2D eigenvalue weighted by atomic mass is 32.2. The van der Waals surface area contributed by atoms with Gasteiger partial charge in [-0.2, -0.15) is 0 Å². The van der Waals surface area contributed by atoms with E-state index in [-0.39, 0.29) is 16.5 Å². The Hall–Kier alpha value is -2.71. The number of rotatable bonds is 6. The van der Waals surface area contributed by atoms with Crippen molar-refractivity contribution in [2.75, 3.05) is 10.0 Å². The number of aryl methyl sites for hydroxylation is 1. The van der Waals surface area contributed by atoms with E-state index < -0.39 is 15.8 Å². The number of hydrogen-bond donors (Lipinski definition) is 2. The van der Waals surface area contributed by atoms with Crippen molar-refractivity contribution < 1.29 is 17.6 Å². The molecule has 0 aliphatic carbocycles. The first-order chi connectivity index (χ1) is 12.8. The fourth-order valence-corrected chi connectivity index (χ4v) is 4.47. The Balaban J connectivity index is 1.64. The summed E-state index contributed by atoms with van der Waals surface area (Å²) in [5.41, 5.74) is 2.32. The van der Waals surface area contributed by atoms with E-state index in [1.165, 1.54) is 18.2 Å². The molecular weight excluding hydrogens is 387 g/mol. The zero-order chi connectivity index (χ0) is 19.4. The molecule has 0 unspecified atom stereocenters. The Labute approximate surface area is 160 Å². The lowest BCUT2D eigenvalue weighted by molar-refractivity contribution is -0.115. The Morgan fingerprint density at radius 2 is 1.85 bits per heavy atom. The minimum atomic E-state index is -3.60. The van der Waals surface area contributed by atoms with Gasteiger partial charge in [-0.3, -0.25) is 9.52 Å². The van der Waals surface area contributed by atoms with Crippen molar-refractivity contribution in [2.45, 2.75) is 17.6 Å². The minimum absolute atomic E-state index is 0.0912. The third-order valence-corrected chi connectivity index (χ3v) is 6.58. The first kappa shape index (κ1) is 19.1. The first-order valence-corrected chi connectivity index (χ1v) is 10.4. The van der Waals surface area contributed by atoms with Gasteiger partial charge in [-0.25, -0.2) is 12.8 Å². The van der Waals surface area contributed by atoms with Gasteiger partial charge in [0.2, 0.25) is 5.91 Å². The number of sulfonamides is 1. The van der Waals surface area contributed by atoms with Crippen LogP contribution in [0.3, 0.4) is 0 Å². The van der Waals surface area contributed by atoms with Crippen LogP contribution >= 0.6 is 11.3 Å². The molecule has 0 atom stereocenters. The van der Waals surface area contributed by atoms with E-state index in [9.17, 15) is 17.6 Å². The molecular formula is C19H17FN2O3S2. The quantitative estimate of drug-likeness (QED) is 0.647. The predicted molar refractivity (Wildman–Crippen MR) is 105 cm³/mol. The number of thiophene rings is 1. The molecule has 1 aromatic heterocycles. The van der Waals surface area contributed by atoms with Crippen molar-refractivity contribution in [3.8, 4) is 0 Å². The SMILES string of the molecule is Cc1ccc(F)cc1NC(=O)Cc1ccc(NS(=O)(=O)c2cccs2)cc1. The fourth-order valence-electron chi connectivity index (χ4n) is 2.42. The predicted octanol–water partition coefficient (Wildman–Crippen LogP) is 4.18. The molecule has 0 aliphatic heterocycles. The molecule has 1 heterocycles. The first-order valence-electron chi connectivity index (χ1n) is 8.05. The van der Waals surface area contributed by atoms with Gasteiger partial charge in [-0.15, -0.1) is 11.3 Å². The summed E-state index contributed by atoms with van der Waals surface area (Å²) >= 11 is 1.13. The van der Waals surface area contributed by atoms with E-state index in [0.717, 1.165) is 16.9 Å². The van der Waals surface area contributed by atoms with Crippen LogP contribution in [-0.2, 0) is 21.2 Å². The molecule has 2 N–H and O–H groups in total. The highest BCUT2D eigenvalue weighted by Crippen LogP contribution is 2.21. The van der Waals surface area contributed by atoms with E-state index in [1.54, 1.807) is 48.7 Å². The van der Waals surface area contributed by atoms with Gasteiger partial charge in [-0.1, -0.05) is 24.3 Å². The average Bonchev–Trinajstić information content (AvgIpc) is 3.15. The van der Waals surface area contributed by atoms with Crippen molar-refractivity contribution in [1.29, 1.82) is 0 Å². The molecule has 0 fully saturated rings. The largest absolute Gasteiger partial charge is 0.325 e. The number of carbonyl (C=O) groups excluding carboxylic acids is 1. The van der Waals surface area contributed by atoms with Crippen LogP contribution in [0, 0.1) is 12.7 Å². The second-order valence-corrected chi connectivity index (χ2v) is 8.78. The van der Waals surface area contributed by atoms with E-state index in [4.69, 9.17) is 0 Å². The lowest BCUT2D eigenvalue weighted by Crippen LogP contribution is -2.15. The third kappa shape index (κ3) is 4.93. The highest BCUT2D eigenvalue weighted by molar-refractivity contribution is 7.94. The Morgan fingerprint density at radius 1 is 1.11 bits per heavy atom. The van der Waals surface area contributed by atoms with Crippen LogP contribution in [0.15, 0.2) is 64.2 Å². The molecule has 0 bridgehead atoms. The number of anilines is 2. The molecule has 0 radical (unpaired) electrons. The van der Waals surface area contributed by atoms with Gasteiger partial charge in [-0.05, 0) is 53.8 Å². The Morgan fingerprint density at radius 3 is 2.52 bits per heavy atom. The second kappa shape index (κ2) is 7.89. The van der Waals surface area contributed by atoms with Crippen LogP contribution in [0.1, 0.15) is 11.1 Å². The minimum Gasteiger partial charge on any atom is -0.325 e. The van der Waals surface area contributed by atoms with Crippen molar-refractivity contribution in [3.05, 3.63) is 76.9 Å². The molecule has 0 saturated heterocycles. The summed E-state index contributed by atoms with van der Waals surface area (Å²) in [7, 11) is -3.60. The van der Waals surface area contributed by atoms with Gasteiger partial charge in [0, 0.05) is 11.4 Å². The number of hydrogen-bond acceptors (Lipinski definition) is 4. The standard InChI is InChI=1S/C19H17FN2O3S2/c1-13-4-7-15(20)12-17(13)21-18(23)11-14-5-8-16(9-6-14)22-27(24,25)19-3-2-10-26-19/h2-10,12,22H,11H2,1H3,(H,21,23). The van der Waals surface area contributed by atoms with Gasteiger partial charge in [0.1, 0.15) is 10.0 Å². The van der Waals surface area contributed by atoms with Gasteiger partial charge < -0.3 is 5.32 Å². The monoisotopic (exact) mass is 404 g/mol. The highest BCUT2D eigenvalue weighted by Gasteiger charge is 2.15. The number of benzene rings is 2. The zero-order valence-electron chi connectivity index (χ0n) is 14.4. The normalized spacial score (nSPS) is 11.2. The Kier molecular flexibility index (Phi) is 5.57. The Bertz CT molecular complexity index is 1050. The maximum absolute atomic E-state index is 13.3. The molecule has 8 heteroatoms. The van der Waals surface area contributed by atoms with Crippen molar-refractivity contribution >= 4 is 38.6 Å². The molecule has 3 rings (SSSR count). The summed E-state index contributed by atoms with van der Waals surface area (Å²) in [4.78, 5) is 12.2. The molecule has 1 amide bonds. The zero-order valence-corrected chi connectivity index (χ0v) is 16.0. The lowest BCUT2D eigenvalue weighted by atomic mass is 10.1. The maximum atomic E-state index is 13.3. The summed E-state index contributed by atoms with van der Waals surface area (Å²) < 4.78 is 40.4. The number of carbonyl (C=O) groups is 1. The smallest absolute Gasteiger partial charge is 0.271 e. The third-order valence-electron chi connectivity index (χ3n) is 3.80. The maximum Gasteiger partial charge on any atom is 0.271 e. The van der Waals surface area contributed by atoms with Gasteiger partial charge in [0.15, 0.2) is 0 Å². The van der Waals surface area contributed by atoms with Crippen molar-refractivity contribution in [2.24, 2.45) is 0 Å². The van der Waals surface area contributed by atoms with Gasteiger partial charge >= 0.3 is 0 Å². The van der Waals surface area contributed by atoms with Crippen LogP contribution in [0.5, 0.6) is 0 Å². The molecule has 0 saturated carbocycles. The lowest BCUT2D eigenvalue weighted by Gasteiger charge is -2.10. The number of nitrogens with one attached hydrogen (secondary N) is 2. The summed E-state index contributed by atoms with van der Waals surface area (Å²) in [6.45, 7) is 1.78. The van der Waals surface area contributed by atoms with Crippen LogP contribution in [0.25, 0.3) is 0 Å². The molecule has 0 aliphatic rings. The summed E-state index contributed by atoms with van der Waals surface area (Å²) in [6, 6.07) is 13.9.